The number of hydrogen-bond donors (Lipinski definition) is 2. The molecule has 2 fully saturated rings. The molecule has 0 unspecified atom stereocenters. The van der Waals surface area contributed by atoms with Crippen LogP contribution in [0.1, 0.15) is 25.7 Å². The molecule has 2 N–H and O–H groups in total. The van der Waals surface area contributed by atoms with Crippen molar-refractivity contribution in [2.24, 2.45) is 4.99 Å². The van der Waals surface area contributed by atoms with Gasteiger partial charge in [-0.15, -0.1) is 0 Å². The predicted octanol–water partition coefficient (Wildman–Crippen LogP) is 0.509. The molecule has 0 bridgehead atoms. The Hall–Kier alpha value is -0.810. The molecule has 1 saturated carbocycles. The van der Waals surface area contributed by atoms with Crippen LogP contribution >= 0.6 is 0 Å². The van der Waals surface area contributed by atoms with E-state index in [0.717, 1.165) is 38.6 Å². The van der Waals surface area contributed by atoms with Crippen LogP contribution in [0.4, 0.5) is 0 Å². The lowest BCUT2D eigenvalue weighted by Gasteiger charge is -2.36. The maximum atomic E-state index is 5.67. The van der Waals surface area contributed by atoms with Gasteiger partial charge in [0.2, 0.25) is 0 Å². The minimum Gasteiger partial charge on any atom is -0.381 e. The molecule has 0 atom stereocenters. The zero-order valence-electron chi connectivity index (χ0n) is 10.8. The minimum atomic E-state index is -0.0978. The third-order valence-corrected chi connectivity index (χ3v) is 3.56. The Morgan fingerprint density at radius 3 is 2.65 bits per heavy atom. The fraction of sp³-hybridized carbons (Fsp3) is 0.917. The van der Waals surface area contributed by atoms with Gasteiger partial charge in [-0.25, -0.2) is 0 Å². The fourth-order valence-electron chi connectivity index (χ4n) is 2.06. The van der Waals surface area contributed by atoms with E-state index in [1.807, 2.05) is 0 Å². The van der Waals surface area contributed by atoms with Crippen molar-refractivity contribution in [2.75, 3.05) is 33.9 Å². The van der Waals surface area contributed by atoms with E-state index in [9.17, 15) is 0 Å². The number of guanidine groups is 1. The van der Waals surface area contributed by atoms with Crippen molar-refractivity contribution < 1.29 is 9.47 Å². The molecule has 0 radical (unpaired) electrons. The zero-order chi connectivity index (χ0) is 12.1. The summed E-state index contributed by atoms with van der Waals surface area (Å²) in [5.74, 6) is 0.885. The molecule has 1 aliphatic carbocycles. The van der Waals surface area contributed by atoms with Gasteiger partial charge in [0, 0.05) is 52.8 Å². The van der Waals surface area contributed by atoms with Crippen LogP contribution in [0.25, 0.3) is 0 Å². The van der Waals surface area contributed by atoms with E-state index in [-0.39, 0.29) is 5.60 Å². The highest BCUT2D eigenvalue weighted by atomic mass is 16.5. The summed E-state index contributed by atoms with van der Waals surface area (Å²) in [6, 6.07) is 0.620. The predicted molar refractivity (Wildman–Crippen MR) is 67.3 cm³/mol. The highest BCUT2D eigenvalue weighted by Gasteiger charge is 2.33. The Kier molecular flexibility index (Phi) is 4.23. The SMILES string of the molecule is CN=C(NCC1(OC)CCOCC1)NC1CC1. The molecule has 5 nitrogen and oxygen atoms in total. The Bertz CT molecular complexity index is 271. The molecular formula is C12H23N3O2. The van der Waals surface area contributed by atoms with E-state index in [1.165, 1.54) is 12.8 Å². The standard InChI is InChI=1S/C12H23N3O2/c1-13-11(15-10-3-4-10)14-9-12(16-2)5-7-17-8-6-12/h10H,3-9H2,1-2H3,(H2,13,14,15). The van der Waals surface area contributed by atoms with Gasteiger partial charge in [0.25, 0.3) is 0 Å². The van der Waals surface area contributed by atoms with Crippen LogP contribution in [0.3, 0.4) is 0 Å². The monoisotopic (exact) mass is 241 g/mol. The van der Waals surface area contributed by atoms with Gasteiger partial charge >= 0.3 is 0 Å². The second-order valence-corrected chi connectivity index (χ2v) is 4.84. The van der Waals surface area contributed by atoms with Crippen molar-refractivity contribution in [1.82, 2.24) is 10.6 Å². The van der Waals surface area contributed by atoms with Crippen LogP contribution in [0.5, 0.6) is 0 Å². The van der Waals surface area contributed by atoms with E-state index >= 15 is 0 Å². The van der Waals surface area contributed by atoms with Crippen molar-refractivity contribution in [3.05, 3.63) is 0 Å². The van der Waals surface area contributed by atoms with Crippen LogP contribution in [0.15, 0.2) is 4.99 Å². The van der Waals surface area contributed by atoms with Gasteiger partial charge < -0.3 is 20.1 Å². The van der Waals surface area contributed by atoms with E-state index in [2.05, 4.69) is 15.6 Å². The fourth-order valence-corrected chi connectivity index (χ4v) is 2.06. The summed E-state index contributed by atoms with van der Waals surface area (Å²) in [6.07, 6.45) is 4.39. The molecule has 98 valence electrons. The van der Waals surface area contributed by atoms with Crippen molar-refractivity contribution in [2.45, 2.75) is 37.3 Å². The number of nitrogens with zero attached hydrogens (tertiary/aromatic N) is 1. The molecule has 0 aromatic rings. The Labute approximate surface area is 103 Å². The lowest BCUT2D eigenvalue weighted by atomic mass is 9.94. The van der Waals surface area contributed by atoms with Gasteiger partial charge in [-0.1, -0.05) is 0 Å². The summed E-state index contributed by atoms with van der Waals surface area (Å²) in [5, 5.41) is 6.73. The second kappa shape index (κ2) is 5.69. The summed E-state index contributed by atoms with van der Waals surface area (Å²) in [4.78, 5) is 4.23. The quantitative estimate of drug-likeness (QED) is 0.556. The first-order valence-electron chi connectivity index (χ1n) is 6.38. The minimum absolute atomic E-state index is 0.0978. The van der Waals surface area contributed by atoms with Crippen LogP contribution in [-0.4, -0.2) is 51.5 Å². The lowest BCUT2D eigenvalue weighted by Crippen LogP contribution is -2.51. The van der Waals surface area contributed by atoms with Crippen molar-refractivity contribution >= 4 is 5.96 Å². The van der Waals surface area contributed by atoms with Crippen molar-refractivity contribution in [1.29, 1.82) is 0 Å². The van der Waals surface area contributed by atoms with Crippen LogP contribution < -0.4 is 10.6 Å². The third-order valence-electron chi connectivity index (χ3n) is 3.56. The Balaban J connectivity index is 1.80. The summed E-state index contributed by atoms with van der Waals surface area (Å²) >= 11 is 0. The molecule has 0 spiro atoms. The first-order chi connectivity index (χ1) is 8.28. The molecule has 0 amide bonds. The normalized spacial score (nSPS) is 24.5. The van der Waals surface area contributed by atoms with Crippen LogP contribution in [-0.2, 0) is 9.47 Å². The number of nitrogens with one attached hydrogen (secondary N) is 2. The van der Waals surface area contributed by atoms with Gasteiger partial charge in [0.05, 0.1) is 5.60 Å². The largest absolute Gasteiger partial charge is 0.381 e. The molecule has 1 aliphatic heterocycles. The van der Waals surface area contributed by atoms with Gasteiger partial charge in [0.1, 0.15) is 0 Å². The second-order valence-electron chi connectivity index (χ2n) is 4.84. The average molecular weight is 241 g/mol. The van der Waals surface area contributed by atoms with E-state index in [1.54, 1.807) is 14.2 Å². The highest BCUT2D eigenvalue weighted by Crippen LogP contribution is 2.23. The molecule has 0 aromatic heterocycles. The Morgan fingerprint density at radius 2 is 2.12 bits per heavy atom. The third kappa shape index (κ3) is 3.57. The number of ether oxygens (including phenoxy) is 2. The van der Waals surface area contributed by atoms with E-state index < -0.39 is 0 Å². The summed E-state index contributed by atoms with van der Waals surface area (Å²) < 4.78 is 11.0. The number of aliphatic imine (C=N–C) groups is 1. The van der Waals surface area contributed by atoms with Gasteiger partial charge in [0.15, 0.2) is 5.96 Å². The van der Waals surface area contributed by atoms with E-state index in [0.29, 0.717) is 6.04 Å². The molecule has 2 aliphatic rings. The average Bonchev–Trinajstić information content (AvgIpc) is 3.19. The molecule has 5 heteroatoms. The zero-order valence-corrected chi connectivity index (χ0v) is 10.8. The first kappa shape index (κ1) is 12.6. The summed E-state index contributed by atoms with van der Waals surface area (Å²) in [7, 11) is 3.59. The van der Waals surface area contributed by atoms with E-state index in [4.69, 9.17) is 9.47 Å². The highest BCUT2D eigenvalue weighted by molar-refractivity contribution is 5.80. The smallest absolute Gasteiger partial charge is 0.191 e. The topological polar surface area (TPSA) is 54.9 Å². The van der Waals surface area contributed by atoms with Crippen LogP contribution in [0, 0.1) is 0 Å². The lowest BCUT2D eigenvalue weighted by molar-refractivity contribution is -0.0855. The van der Waals surface area contributed by atoms with Crippen molar-refractivity contribution in [3.63, 3.8) is 0 Å². The van der Waals surface area contributed by atoms with Crippen molar-refractivity contribution in [3.8, 4) is 0 Å². The molecule has 1 heterocycles. The molecular weight excluding hydrogens is 218 g/mol. The summed E-state index contributed by atoms with van der Waals surface area (Å²) in [5.41, 5.74) is -0.0978. The summed E-state index contributed by atoms with van der Waals surface area (Å²) in [6.45, 7) is 2.35. The number of hydrogen-bond acceptors (Lipinski definition) is 3. The first-order valence-corrected chi connectivity index (χ1v) is 6.38. The Morgan fingerprint density at radius 1 is 1.41 bits per heavy atom. The molecule has 1 saturated heterocycles. The van der Waals surface area contributed by atoms with Gasteiger partial charge in [-0.05, 0) is 12.8 Å². The van der Waals surface area contributed by atoms with Gasteiger partial charge in [-0.2, -0.15) is 0 Å². The molecule has 2 rings (SSSR count). The maximum absolute atomic E-state index is 5.67. The molecule has 17 heavy (non-hydrogen) atoms. The van der Waals surface area contributed by atoms with Gasteiger partial charge in [-0.3, -0.25) is 4.99 Å². The molecule has 0 aromatic carbocycles. The van der Waals surface area contributed by atoms with Crippen LogP contribution in [0.2, 0.25) is 0 Å². The number of methoxy groups -OCH3 is 1. The number of rotatable bonds is 4. The maximum Gasteiger partial charge on any atom is 0.191 e.